The van der Waals surface area contributed by atoms with E-state index >= 15 is 0 Å². The first kappa shape index (κ1) is 28.6. The van der Waals surface area contributed by atoms with Crippen LogP contribution in [0.15, 0.2) is 146 Å². The minimum absolute atomic E-state index is 0.255. The van der Waals surface area contributed by atoms with Gasteiger partial charge in [-0.25, -0.2) is 9.36 Å². The van der Waals surface area contributed by atoms with Crippen LogP contribution in [0.5, 0.6) is 0 Å². The van der Waals surface area contributed by atoms with Crippen LogP contribution >= 0.6 is 0 Å². The Hall–Kier alpha value is -5.54. The topological polar surface area (TPSA) is 109 Å². The lowest BCUT2D eigenvalue weighted by atomic mass is 9.92. The summed E-state index contributed by atoms with van der Waals surface area (Å²) in [7, 11) is 0. The maximum atomic E-state index is 6.99. The minimum atomic E-state index is -1.39. The Labute approximate surface area is 256 Å². The highest BCUT2D eigenvalue weighted by molar-refractivity contribution is 5.37. The molecule has 0 bridgehead atoms. The van der Waals surface area contributed by atoms with Gasteiger partial charge in [-0.3, -0.25) is 0 Å². The van der Waals surface area contributed by atoms with E-state index in [2.05, 4.69) is 62.3 Å². The molecule has 4 aromatic carbocycles. The number of hydrogen-bond donors (Lipinski definition) is 2. The first-order chi connectivity index (χ1) is 21.7. The van der Waals surface area contributed by atoms with E-state index in [0.717, 1.165) is 22.3 Å². The molecule has 0 saturated carbocycles. The van der Waals surface area contributed by atoms with Gasteiger partial charge >= 0.3 is 0 Å². The van der Waals surface area contributed by atoms with Gasteiger partial charge in [0, 0.05) is 12.7 Å². The second kappa shape index (κ2) is 13.6. The molecule has 0 aliphatic carbocycles. The SMILES string of the molecule is N/C(=C\NCc1ccccc1)C(OCc1ccccc1)(c1cn(Cc2ccccc2)nn1)c1cn(Cc2ccccc2)nn1. The third-order valence-corrected chi connectivity index (χ3v) is 7.28. The third-order valence-electron chi connectivity index (χ3n) is 7.28. The summed E-state index contributed by atoms with van der Waals surface area (Å²) in [5.41, 5.74) is 11.3. The van der Waals surface area contributed by atoms with Gasteiger partial charge in [0.1, 0.15) is 11.4 Å². The molecule has 0 aliphatic heterocycles. The van der Waals surface area contributed by atoms with Crippen LogP contribution in [0.2, 0.25) is 0 Å². The van der Waals surface area contributed by atoms with E-state index in [9.17, 15) is 0 Å². The Bertz CT molecular complexity index is 1690. The Morgan fingerprint density at radius 1 is 0.636 bits per heavy atom. The second-order valence-corrected chi connectivity index (χ2v) is 10.5. The van der Waals surface area contributed by atoms with E-state index in [4.69, 9.17) is 10.5 Å². The fourth-order valence-electron chi connectivity index (χ4n) is 5.02. The molecule has 0 atom stereocenters. The summed E-state index contributed by atoms with van der Waals surface area (Å²) in [4.78, 5) is 0. The fraction of sp³-hybridized carbons (Fsp3) is 0.143. The van der Waals surface area contributed by atoms with Crippen molar-refractivity contribution in [1.29, 1.82) is 0 Å². The lowest BCUT2D eigenvalue weighted by molar-refractivity contribution is -0.0103. The predicted octanol–water partition coefficient (Wildman–Crippen LogP) is 5.02. The lowest BCUT2D eigenvalue weighted by Gasteiger charge is -2.31. The summed E-state index contributed by atoms with van der Waals surface area (Å²) in [6.45, 7) is 1.92. The number of nitrogens with one attached hydrogen (secondary N) is 1. The summed E-state index contributed by atoms with van der Waals surface area (Å²) in [5, 5.41) is 21.5. The molecule has 3 N–H and O–H groups in total. The summed E-state index contributed by atoms with van der Waals surface area (Å²) in [6.07, 6.45) is 5.50. The van der Waals surface area contributed by atoms with Crippen molar-refractivity contribution in [3.63, 3.8) is 0 Å². The van der Waals surface area contributed by atoms with Crippen molar-refractivity contribution in [3.8, 4) is 0 Å². The van der Waals surface area contributed by atoms with Gasteiger partial charge in [-0.2, -0.15) is 0 Å². The molecule has 0 spiro atoms. The van der Waals surface area contributed by atoms with Crippen molar-refractivity contribution < 1.29 is 4.74 Å². The van der Waals surface area contributed by atoms with Crippen LogP contribution in [-0.2, 0) is 36.6 Å². The molecule has 2 heterocycles. The largest absolute Gasteiger partial charge is 0.398 e. The average molecular weight is 583 g/mol. The molecule has 0 radical (unpaired) electrons. The van der Waals surface area contributed by atoms with Crippen LogP contribution in [0, 0.1) is 0 Å². The maximum absolute atomic E-state index is 6.99. The number of nitrogens with zero attached hydrogens (tertiary/aromatic N) is 6. The quantitative estimate of drug-likeness (QED) is 0.197. The van der Waals surface area contributed by atoms with Crippen LogP contribution in [0.4, 0.5) is 0 Å². The molecule has 9 heteroatoms. The summed E-state index contributed by atoms with van der Waals surface area (Å²) in [6, 6.07) is 40.3. The van der Waals surface area contributed by atoms with Crippen LogP contribution in [0.3, 0.4) is 0 Å². The van der Waals surface area contributed by atoms with Gasteiger partial charge in [-0.1, -0.05) is 132 Å². The molecule has 0 amide bonds. The van der Waals surface area contributed by atoms with Crippen LogP contribution < -0.4 is 11.1 Å². The van der Waals surface area contributed by atoms with E-state index in [-0.39, 0.29) is 6.61 Å². The highest BCUT2D eigenvalue weighted by Gasteiger charge is 2.44. The van der Waals surface area contributed by atoms with Gasteiger partial charge in [-0.15, -0.1) is 10.2 Å². The first-order valence-electron chi connectivity index (χ1n) is 14.5. The van der Waals surface area contributed by atoms with Gasteiger partial charge in [0.2, 0.25) is 0 Å². The zero-order valence-electron chi connectivity index (χ0n) is 24.3. The molecular weight excluding hydrogens is 548 g/mol. The number of rotatable bonds is 13. The molecule has 220 valence electrons. The van der Waals surface area contributed by atoms with Gasteiger partial charge in [-0.05, 0) is 22.3 Å². The van der Waals surface area contributed by atoms with Crippen LogP contribution in [-0.4, -0.2) is 30.0 Å². The molecule has 0 unspecified atom stereocenters. The van der Waals surface area contributed by atoms with E-state index in [1.165, 1.54) is 0 Å². The molecule has 6 rings (SSSR count). The van der Waals surface area contributed by atoms with Crippen molar-refractivity contribution >= 4 is 0 Å². The number of nitrogens with two attached hydrogens (primary N) is 1. The highest BCUT2D eigenvalue weighted by Crippen LogP contribution is 2.37. The first-order valence-corrected chi connectivity index (χ1v) is 14.5. The van der Waals surface area contributed by atoms with Gasteiger partial charge < -0.3 is 15.8 Å². The monoisotopic (exact) mass is 582 g/mol. The smallest absolute Gasteiger partial charge is 0.199 e. The molecule has 0 fully saturated rings. The molecule has 44 heavy (non-hydrogen) atoms. The van der Waals surface area contributed by atoms with Crippen molar-refractivity contribution in [3.05, 3.63) is 179 Å². The van der Waals surface area contributed by atoms with E-state index < -0.39 is 5.60 Å². The summed E-state index contributed by atoms with van der Waals surface area (Å²) >= 11 is 0. The molecule has 0 aliphatic rings. The minimum Gasteiger partial charge on any atom is -0.398 e. The molecule has 2 aromatic heterocycles. The Kier molecular flexibility index (Phi) is 8.85. The van der Waals surface area contributed by atoms with Crippen molar-refractivity contribution in [2.45, 2.75) is 31.8 Å². The van der Waals surface area contributed by atoms with Crippen molar-refractivity contribution in [1.82, 2.24) is 35.3 Å². The van der Waals surface area contributed by atoms with Crippen molar-refractivity contribution in [2.75, 3.05) is 0 Å². The van der Waals surface area contributed by atoms with E-state index in [0.29, 0.717) is 36.7 Å². The Morgan fingerprint density at radius 2 is 1.07 bits per heavy atom. The van der Waals surface area contributed by atoms with Crippen LogP contribution in [0.25, 0.3) is 0 Å². The highest BCUT2D eigenvalue weighted by atomic mass is 16.5. The number of benzene rings is 4. The van der Waals surface area contributed by atoms with Gasteiger partial charge in [0.15, 0.2) is 5.60 Å². The number of hydrogen-bond acceptors (Lipinski definition) is 7. The summed E-state index contributed by atoms with van der Waals surface area (Å²) < 4.78 is 10.4. The van der Waals surface area contributed by atoms with E-state index in [1.54, 1.807) is 15.6 Å². The van der Waals surface area contributed by atoms with Crippen molar-refractivity contribution in [2.24, 2.45) is 5.73 Å². The fourth-order valence-corrected chi connectivity index (χ4v) is 5.02. The molecule has 9 nitrogen and oxygen atoms in total. The normalized spacial score (nSPS) is 11.9. The second-order valence-electron chi connectivity index (χ2n) is 10.5. The van der Waals surface area contributed by atoms with Gasteiger partial charge in [0.25, 0.3) is 0 Å². The summed E-state index contributed by atoms with van der Waals surface area (Å²) in [5.74, 6) is 0. The zero-order chi connectivity index (χ0) is 30.0. The molecular formula is C35H34N8O. The Balaban J connectivity index is 1.40. The lowest BCUT2D eigenvalue weighted by Crippen LogP contribution is -2.39. The Morgan fingerprint density at radius 3 is 1.55 bits per heavy atom. The molecule has 6 aromatic rings. The van der Waals surface area contributed by atoms with E-state index in [1.807, 2.05) is 97.3 Å². The predicted molar refractivity (Wildman–Crippen MR) is 169 cm³/mol. The van der Waals surface area contributed by atoms with Gasteiger partial charge in [0.05, 0.1) is 37.8 Å². The zero-order valence-corrected chi connectivity index (χ0v) is 24.3. The average Bonchev–Trinajstić information content (AvgIpc) is 3.74. The standard InChI is InChI=1S/C35H34N8O/c36-32(22-37-21-28-13-5-1-6-14-28)35(44-27-31-19-11-4-12-20-31,33-25-42(40-38-33)23-29-15-7-2-8-16-29)34-26-43(41-39-34)24-30-17-9-3-10-18-30/h1-20,22,25-26,37H,21,23-24,27,36H2/b32-22-. The third kappa shape index (κ3) is 6.74. The maximum Gasteiger partial charge on any atom is 0.199 e. The number of ether oxygens (including phenoxy) is 1. The molecule has 0 saturated heterocycles. The number of aromatic nitrogens is 6. The van der Waals surface area contributed by atoms with Crippen LogP contribution in [0.1, 0.15) is 33.6 Å².